The highest BCUT2D eigenvalue weighted by Gasteiger charge is 2.70. The molecule has 12 heavy (non-hydrogen) atoms. The summed E-state index contributed by atoms with van der Waals surface area (Å²) in [5, 5.41) is 0. The second-order valence-corrected chi connectivity index (χ2v) is 5.09. The maximum absolute atomic E-state index is 10.5. The quantitative estimate of drug-likeness (QED) is 0.517. The molecule has 70 valence electrons. The summed E-state index contributed by atoms with van der Waals surface area (Å²) in [5.74, 6) is -0.237. The van der Waals surface area contributed by atoms with Crippen LogP contribution >= 0.6 is 23.2 Å². The maximum Gasteiger partial charge on any atom is 0.302 e. The van der Waals surface area contributed by atoms with Crippen molar-refractivity contribution >= 4 is 29.2 Å². The Hall–Kier alpha value is 0.0500. The molecule has 0 aromatic carbocycles. The molecule has 0 spiro atoms. The second-order valence-electron chi connectivity index (χ2n) is 3.70. The Kier molecular flexibility index (Phi) is 2.34. The number of hydrogen-bond donors (Lipinski definition) is 0. The Labute approximate surface area is 82.2 Å². The summed E-state index contributed by atoms with van der Waals surface area (Å²) >= 11 is 11.9. The summed E-state index contributed by atoms with van der Waals surface area (Å²) in [6, 6.07) is 0. The number of esters is 1. The van der Waals surface area contributed by atoms with E-state index < -0.39 is 4.33 Å². The minimum Gasteiger partial charge on any atom is -0.465 e. The third-order valence-electron chi connectivity index (χ3n) is 2.54. The first-order chi connectivity index (χ1) is 5.30. The molecule has 1 atom stereocenters. The van der Waals surface area contributed by atoms with Gasteiger partial charge < -0.3 is 4.74 Å². The van der Waals surface area contributed by atoms with Crippen LogP contribution in [-0.4, -0.2) is 16.9 Å². The summed E-state index contributed by atoms with van der Waals surface area (Å²) in [6.07, 6.45) is 0. The van der Waals surface area contributed by atoms with Gasteiger partial charge in [-0.05, 0) is 0 Å². The van der Waals surface area contributed by atoms with Crippen LogP contribution in [0.1, 0.15) is 20.8 Å². The zero-order chi connectivity index (χ0) is 9.57. The van der Waals surface area contributed by atoms with Gasteiger partial charge in [0.05, 0.1) is 6.61 Å². The zero-order valence-electron chi connectivity index (χ0n) is 7.36. The molecule has 0 bridgehead atoms. The Bertz CT molecular complexity index is 197. The number of alkyl halides is 2. The van der Waals surface area contributed by atoms with Gasteiger partial charge >= 0.3 is 5.97 Å². The molecule has 0 amide bonds. The standard InChI is InChI=1S/C8H12Cl2O2/c1-5(11)12-4-6-7(2,3)8(6,9)10/h6H,4H2,1-3H3. The lowest BCUT2D eigenvalue weighted by atomic mass is 10.1. The summed E-state index contributed by atoms with van der Waals surface area (Å²) in [6.45, 7) is 5.61. The SMILES string of the molecule is CC(=O)OCC1C(C)(C)C1(Cl)Cl. The lowest BCUT2D eigenvalue weighted by molar-refractivity contribution is -0.141. The van der Waals surface area contributed by atoms with E-state index in [1.54, 1.807) is 0 Å². The lowest BCUT2D eigenvalue weighted by Crippen LogP contribution is -2.05. The summed E-state index contributed by atoms with van der Waals surface area (Å²) in [4.78, 5) is 10.5. The van der Waals surface area contributed by atoms with Crippen LogP contribution in [0.15, 0.2) is 0 Å². The summed E-state index contributed by atoms with van der Waals surface area (Å²) in [5.41, 5.74) is -0.147. The normalized spacial score (nSPS) is 29.6. The number of halogens is 2. The van der Waals surface area contributed by atoms with Crippen LogP contribution in [-0.2, 0) is 9.53 Å². The van der Waals surface area contributed by atoms with E-state index in [0.717, 1.165) is 0 Å². The van der Waals surface area contributed by atoms with Crippen molar-refractivity contribution < 1.29 is 9.53 Å². The summed E-state index contributed by atoms with van der Waals surface area (Å²) in [7, 11) is 0. The van der Waals surface area contributed by atoms with E-state index in [2.05, 4.69) is 0 Å². The number of rotatable bonds is 2. The number of ether oxygens (including phenoxy) is 1. The van der Waals surface area contributed by atoms with Crippen molar-refractivity contribution in [1.29, 1.82) is 0 Å². The molecule has 1 fully saturated rings. The van der Waals surface area contributed by atoms with E-state index in [1.807, 2.05) is 13.8 Å². The third-order valence-corrected chi connectivity index (χ3v) is 4.04. The minimum absolute atomic E-state index is 0.0530. The maximum atomic E-state index is 10.5. The summed E-state index contributed by atoms with van der Waals surface area (Å²) < 4.78 is 4.10. The fourth-order valence-corrected chi connectivity index (χ4v) is 2.10. The van der Waals surface area contributed by atoms with Crippen molar-refractivity contribution in [2.24, 2.45) is 11.3 Å². The van der Waals surface area contributed by atoms with E-state index in [-0.39, 0.29) is 17.3 Å². The van der Waals surface area contributed by atoms with Gasteiger partial charge in [-0.25, -0.2) is 0 Å². The molecule has 0 aromatic rings. The zero-order valence-corrected chi connectivity index (χ0v) is 8.87. The van der Waals surface area contributed by atoms with Crippen LogP contribution in [0.25, 0.3) is 0 Å². The molecule has 0 heterocycles. The van der Waals surface area contributed by atoms with Crippen molar-refractivity contribution in [3.8, 4) is 0 Å². The van der Waals surface area contributed by atoms with Crippen LogP contribution in [0, 0.1) is 11.3 Å². The number of hydrogen-bond acceptors (Lipinski definition) is 2. The molecule has 0 N–H and O–H groups in total. The molecule has 1 saturated carbocycles. The highest BCUT2D eigenvalue weighted by atomic mass is 35.5. The molecule has 1 rings (SSSR count). The number of carbonyl (C=O) groups excluding carboxylic acids is 1. The van der Waals surface area contributed by atoms with E-state index in [1.165, 1.54) is 6.92 Å². The Morgan fingerprint density at radius 2 is 1.92 bits per heavy atom. The smallest absolute Gasteiger partial charge is 0.302 e. The molecule has 4 heteroatoms. The van der Waals surface area contributed by atoms with E-state index in [4.69, 9.17) is 27.9 Å². The van der Waals surface area contributed by atoms with Crippen molar-refractivity contribution in [3.63, 3.8) is 0 Å². The Morgan fingerprint density at radius 1 is 1.50 bits per heavy atom. The average molecular weight is 211 g/mol. The van der Waals surface area contributed by atoms with Crippen molar-refractivity contribution in [3.05, 3.63) is 0 Å². The molecular weight excluding hydrogens is 199 g/mol. The van der Waals surface area contributed by atoms with Crippen LogP contribution in [0.4, 0.5) is 0 Å². The molecule has 0 saturated heterocycles. The fraction of sp³-hybridized carbons (Fsp3) is 0.875. The van der Waals surface area contributed by atoms with Crippen LogP contribution in [0.2, 0.25) is 0 Å². The van der Waals surface area contributed by atoms with E-state index in [9.17, 15) is 4.79 Å². The fourth-order valence-electron chi connectivity index (χ4n) is 1.27. The van der Waals surface area contributed by atoms with Gasteiger partial charge in [-0.1, -0.05) is 13.8 Å². The van der Waals surface area contributed by atoms with Crippen LogP contribution < -0.4 is 0 Å². The molecule has 1 unspecified atom stereocenters. The van der Waals surface area contributed by atoms with Crippen molar-refractivity contribution in [2.75, 3.05) is 6.61 Å². The predicted octanol–water partition coefficient (Wildman–Crippen LogP) is 2.38. The highest BCUT2D eigenvalue weighted by Crippen LogP contribution is 2.68. The molecular formula is C8H12Cl2O2. The van der Waals surface area contributed by atoms with Gasteiger partial charge in [-0.3, -0.25) is 4.79 Å². The first-order valence-electron chi connectivity index (χ1n) is 3.81. The molecule has 1 aliphatic rings. The number of carbonyl (C=O) groups is 1. The van der Waals surface area contributed by atoms with Crippen molar-refractivity contribution in [1.82, 2.24) is 0 Å². The first kappa shape index (κ1) is 10.1. The predicted molar refractivity (Wildman–Crippen MR) is 48.3 cm³/mol. The lowest BCUT2D eigenvalue weighted by Gasteiger charge is -2.00. The Balaban J connectivity index is 2.44. The van der Waals surface area contributed by atoms with Crippen LogP contribution in [0.3, 0.4) is 0 Å². The Morgan fingerprint density at radius 3 is 2.17 bits per heavy atom. The average Bonchev–Trinajstić information content (AvgIpc) is 2.21. The molecule has 1 aliphatic carbocycles. The van der Waals surface area contributed by atoms with Gasteiger partial charge in [-0.15, -0.1) is 23.2 Å². The van der Waals surface area contributed by atoms with E-state index in [0.29, 0.717) is 6.61 Å². The highest BCUT2D eigenvalue weighted by molar-refractivity contribution is 6.51. The topological polar surface area (TPSA) is 26.3 Å². The van der Waals surface area contributed by atoms with E-state index >= 15 is 0 Å². The molecule has 0 radical (unpaired) electrons. The van der Waals surface area contributed by atoms with Crippen molar-refractivity contribution in [2.45, 2.75) is 25.1 Å². The van der Waals surface area contributed by atoms with Gasteiger partial charge in [0, 0.05) is 18.3 Å². The molecule has 0 aliphatic heterocycles. The molecule has 0 aromatic heterocycles. The van der Waals surface area contributed by atoms with Gasteiger partial charge in [0.2, 0.25) is 0 Å². The molecule has 2 nitrogen and oxygen atoms in total. The first-order valence-corrected chi connectivity index (χ1v) is 4.57. The van der Waals surface area contributed by atoms with Gasteiger partial charge in [0.15, 0.2) is 0 Å². The van der Waals surface area contributed by atoms with Crippen LogP contribution in [0.5, 0.6) is 0 Å². The van der Waals surface area contributed by atoms with Gasteiger partial charge in [-0.2, -0.15) is 0 Å². The van der Waals surface area contributed by atoms with Gasteiger partial charge in [0.1, 0.15) is 4.33 Å². The third kappa shape index (κ3) is 1.42. The van der Waals surface area contributed by atoms with Gasteiger partial charge in [0.25, 0.3) is 0 Å². The monoisotopic (exact) mass is 210 g/mol. The second kappa shape index (κ2) is 2.78. The minimum atomic E-state index is -0.734. The largest absolute Gasteiger partial charge is 0.465 e.